The Hall–Kier alpha value is -1.04. The van der Waals surface area contributed by atoms with Crippen molar-refractivity contribution in [1.29, 1.82) is 0 Å². The number of rotatable bonds is 3. The fourth-order valence-corrected chi connectivity index (χ4v) is 2.22. The van der Waals surface area contributed by atoms with Crippen LogP contribution in [0.15, 0.2) is 5.16 Å². The van der Waals surface area contributed by atoms with Crippen molar-refractivity contribution in [2.75, 3.05) is 11.1 Å². The number of carbonyl (C=O) groups is 1. The van der Waals surface area contributed by atoms with Gasteiger partial charge in [0, 0.05) is 18.7 Å². The quantitative estimate of drug-likeness (QED) is 0.815. The Balaban J connectivity index is 2.06. The van der Waals surface area contributed by atoms with E-state index in [0.717, 1.165) is 23.9 Å². The monoisotopic (exact) mass is 212 g/mol. The summed E-state index contributed by atoms with van der Waals surface area (Å²) in [5.74, 6) is 1.62. The van der Waals surface area contributed by atoms with Gasteiger partial charge in [-0.3, -0.25) is 14.7 Å². The molecule has 0 unspecified atom stereocenters. The number of nitrogens with zero attached hydrogens (tertiary/aromatic N) is 3. The fourth-order valence-electron chi connectivity index (χ4n) is 1.33. The maximum atomic E-state index is 11.3. The zero-order valence-corrected chi connectivity index (χ0v) is 8.80. The number of aromatic nitrogens is 3. The van der Waals surface area contributed by atoms with Crippen molar-refractivity contribution in [2.45, 2.75) is 31.5 Å². The molecule has 1 aromatic heterocycles. The second-order valence-corrected chi connectivity index (χ2v) is 4.17. The largest absolute Gasteiger partial charge is 0.295 e. The fraction of sp³-hybridized carbons (Fsp3) is 0.625. The Morgan fingerprint density at radius 1 is 1.64 bits per heavy atom. The van der Waals surface area contributed by atoms with Crippen LogP contribution in [0.5, 0.6) is 0 Å². The van der Waals surface area contributed by atoms with Gasteiger partial charge in [0.15, 0.2) is 5.16 Å². The highest BCUT2D eigenvalue weighted by Crippen LogP contribution is 2.26. The lowest BCUT2D eigenvalue weighted by molar-refractivity contribution is -0.116. The van der Waals surface area contributed by atoms with Crippen molar-refractivity contribution in [3.05, 3.63) is 0 Å². The SMILES string of the molecule is CCCC(=O)Nc1nnc2n1CCS2. The molecule has 14 heavy (non-hydrogen) atoms. The molecule has 2 heterocycles. The third-order valence-electron chi connectivity index (χ3n) is 1.99. The van der Waals surface area contributed by atoms with Gasteiger partial charge in [0.2, 0.25) is 11.9 Å². The molecule has 0 aliphatic carbocycles. The molecular formula is C8H12N4OS. The van der Waals surface area contributed by atoms with Gasteiger partial charge in [-0.15, -0.1) is 10.2 Å². The van der Waals surface area contributed by atoms with E-state index in [1.165, 1.54) is 0 Å². The lowest BCUT2D eigenvalue weighted by atomic mass is 10.3. The van der Waals surface area contributed by atoms with E-state index in [4.69, 9.17) is 0 Å². The van der Waals surface area contributed by atoms with E-state index >= 15 is 0 Å². The number of anilines is 1. The van der Waals surface area contributed by atoms with E-state index in [9.17, 15) is 4.79 Å². The number of fused-ring (bicyclic) bond motifs is 1. The number of thioether (sulfide) groups is 1. The third kappa shape index (κ3) is 1.75. The third-order valence-corrected chi connectivity index (χ3v) is 2.94. The van der Waals surface area contributed by atoms with Crippen LogP contribution in [0, 0.1) is 0 Å². The maximum Gasteiger partial charge on any atom is 0.231 e. The molecule has 0 spiro atoms. The normalized spacial score (nSPS) is 14.1. The summed E-state index contributed by atoms with van der Waals surface area (Å²) in [5.41, 5.74) is 0. The smallest absolute Gasteiger partial charge is 0.231 e. The van der Waals surface area contributed by atoms with Gasteiger partial charge in [-0.05, 0) is 6.42 Å². The van der Waals surface area contributed by atoms with Crippen molar-refractivity contribution in [2.24, 2.45) is 0 Å². The number of carbonyl (C=O) groups excluding carboxylic acids is 1. The zero-order chi connectivity index (χ0) is 9.97. The van der Waals surface area contributed by atoms with Crippen molar-refractivity contribution >= 4 is 23.6 Å². The van der Waals surface area contributed by atoms with E-state index in [2.05, 4.69) is 15.5 Å². The Bertz CT molecular complexity index is 349. The van der Waals surface area contributed by atoms with Crippen LogP contribution in [-0.2, 0) is 11.3 Å². The number of hydrogen-bond donors (Lipinski definition) is 1. The van der Waals surface area contributed by atoms with Crippen LogP contribution in [0.25, 0.3) is 0 Å². The molecule has 1 amide bonds. The number of amides is 1. The predicted molar refractivity (Wildman–Crippen MR) is 54.3 cm³/mol. The minimum atomic E-state index is 0.0135. The summed E-state index contributed by atoms with van der Waals surface area (Å²) >= 11 is 1.67. The van der Waals surface area contributed by atoms with E-state index in [-0.39, 0.29) is 5.91 Å². The van der Waals surface area contributed by atoms with Crippen molar-refractivity contribution in [3.63, 3.8) is 0 Å². The molecular weight excluding hydrogens is 200 g/mol. The first kappa shape index (κ1) is 9.51. The first-order chi connectivity index (χ1) is 6.81. The molecule has 76 valence electrons. The van der Waals surface area contributed by atoms with E-state index in [1.807, 2.05) is 11.5 Å². The summed E-state index contributed by atoms with van der Waals surface area (Å²) in [6.07, 6.45) is 1.39. The highest BCUT2D eigenvalue weighted by molar-refractivity contribution is 7.99. The summed E-state index contributed by atoms with van der Waals surface area (Å²) in [5, 5.41) is 11.6. The molecule has 5 nitrogen and oxygen atoms in total. The van der Waals surface area contributed by atoms with Crippen LogP contribution in [0.1, 0.15) is 19.8 Å². The molecule has 0 bridgehead atoms. The minimum absolute atomic E-state index is 0.0135. The molecule has 1 N–H and O–H groups in total. The van der Waals surface area contributed by atoms with E-state index < -0.39 is 0 Å². The van der Waals surface area contributed by atoms with Crippen LogP contribution in [0.4, 0.5) is 5.95 Å². The molecule has 0 radical (unpaired) electrons. The Morgan fingerprint density at radius 2 is 2.50 bits per heavy atom. The van der Waals surface area contributed by atoms with Gasteiger partial charge < -0.3 is 0 Å². The number of hydrogen-bond acceptors (Lipinski definition) is 4. The topological polar surface area (TPSA) is 59.8 Å². The molecule has 0 atom stereocenters. The average Bonchev–Trinajstić information content (AvgIpc) is 2.70. The lowest BCUT2D eigenvalue weighted by Crippen LogP contribution is -2.14. The molecule has 0 aromatic carbocycles. The van der Waals surface area contributed by atoms with Gasteiger partial charge in [-0.1, -0.05) is 18.7 Å². The summed E-state index contributed by atoms with van der Waals surface area (Å²) in [4.78, 5) is 11.3. The van der Waals surface area contributed by atoms with E-state index in [1.54, 1.807) is 11.8 Å². The van der Waals surface area contributed by atoms with Gasteiger partial charge in [0.25, 0.3) is 0 Å². The molecule has 1 aromatic rings. The molecule has 0 saturated heterocycles. The molecule has 6 heteroatoms. The summed E-state index contributed by atoms with van der Waals surface area (Å²) in [6.45, 7) is 2.86. The standard InChI is InChI=1S/C8H12N4OS/c1-2-3-6(13)9-7-10-11-8-12(7)4-5-14-8/h2-5H2,1H3,(H,9,10,13). The molecule has 1 aliphatic rings. The number of nitrogens with one attached hydrogen (secondary N) is 1. The molecule has 1 aliphatic heterocycles. The minimum Gasteiger partial charge on any atom is -0.295 e. The lowest BCUT2D eigenvalue weighted by Gasteiger charge is -2.03. The zero-order valence-electron chi connectivity index (χ0n) is 7.99. The Labute approximate surface area is 86.3 Å². The second-order valence-electron chi connectivity index (χ2n) is 3.10. The van der Waals surface area contributed by atoms with Gasteiger partial charge in [-0.2, -0.15) is 0 Å². The van der Waals surface area contributed by atoms with Crippen LogP contribution < -0.4 is 5.32 Å². The summed E-state index contributed by atoms with van der Waals surface area (Å²) in [6, 6.07) is 0. The Kier molecular flexibility index (Phi) is 2.72. The maximum absolute atomic E-state index is 11.3. The van der Waals surface area contributed by atoms with E-state index in [0.29, 0.717) is 12.4 Å². The Morgan fingerprint density at radius 3 is 3.29 bits per heavy atom. The highest BCUT2D eigenvalue weighted by atomic mass is 32.2. The van der Waals surface area contributed by atoms with Gasteiger partial charge in [0.1, 0.15) is 0 Å². The first-order valence-electron chi connectivity index (χ1n) is 4.67. The molecule has 0 saturated carbocycles. The second kappa shape index (κ2) is 4.00. The molecule has 0 fully saturated rings. The van der Waals surface area contributed by atoms with Crippen LogP contribution in [0.2, 0.25) is 0 Å². The van der Waals surface area contributed by atoms with Crippen molar-refractivity contribution in [1.82, 2.24) is 14.8 Å². The van der Waals surface area contributed by atoms with Crippen LogP contribution in [-0.4, -0.2) is 26.4 Å². The van der Waals surface area contributed by atoms with Crippen LogP contribution in [0.3, 0.4) is 0 Å². The van der Waals surface area contributed by atoms with Gasteiger partial charge in [0.05, 0.1) is 0 Å². The molecule has 2 rings (SSSR count). The van der Waals surface area contributed by atoms with Gasteiger partial charge in [-0.25, -0.2) is 0 Å². The predicted octanol–water partition coefficient (Wildman–Crippen LogP) is 1.12. The van der Waals surface area contributed by atoms with Crippen molar-refractivity contribution in [3.8, 4) is 0 Å². The average molecular weight is 212 g/mol. The summed E-state index contributed by atoms with van der Waals surface area (Å²) in [7, 11) is 0. The van der Waals surface area contributed by atoms with Gasteiger partial charge >= 0.3 is 0 Å². The highest BCUT2D eigenvalue weighted by Gasteiger charge is 2.18. The first-order valence-corrected chi connectivity index (χ1v) is 5.65. The van der Waals surface area contributed by atoms with Crippen LogP contribution >= 0.6 is 11.8 Å². The van der Waals surface area contributed by atoms with Crippen molar-refractivity contribution < 1.29 is 4.79 Å². The summed E-state index contributed by atoms with van der Waals surface area (Å²) < 4.78 is 1.94.